The smallest absolute Gasteiger partial charge is 0.336 e. The van der Waals surface area contributed by atoms with Crippen molar-refractivity contribution in [2.75, 3.05) is 13.7 Å². The van der Waals surface area contributed by atoms with Gasteiger partial charge in [0.1, 0.15) is 0 Å². The minimum atomic E-state index is -1.31. The molecule has 0 bridgehead atoms. The van der Waals surface area contributed by atoms with E-state index >= 15 is 0 Å². The summed E-state index contributed by atoms with van der Waals surface area (Å²) in [6.07, 6.45) is 0.590. The molecule has 0 saturated carbocycles. The third-order valence-corrected chi connectivity index (χ3v) is 4.14. The number of aliphatic hydroxyl groups excluding tert-OH is 1. The van der Waals surface area contributed by atoms with Crippen LogP contribution >= 0.6 is 0 Å². The number of benzene rings is 1. The zero-order valence-electron chi connectivity index (χ0n) is 12.6. The number of esters is 1. The van der Waals surface area contributed by atoms with Crippen LogP contribution in [0.4, 0.5) is 0 Å². The van der Waals surface area contributed by atoms with Gasteiger partial charge >= 0.3 is 5.97 Å². The molecule has 0 spiro atoms. The second-order valence-electron chi connectivity index (χ2n) is 5.52. The Kier molecular flexibility index (Phi) is 5.51. The van der Waals surface area contributed by atoms with Crippen LogP contribution in [0.2, 0.25) is 0 Å². The SMILES string of the molecule is COC(=O)[C@H](O)[C@H](Cc1ccccc1)N1CCC[C@H]1C(N)=O. The molecule has 1 aromatic carbocycles. The summed E-state index contributed by atoms with van der Waals surface area (Å²) in [6, 6.07) is 8.55. The van der Waals surface area contributed by atoms with Gasteiger partial charge < -0.3 is 15.6 Å². The number of carbonyl (C=O) groups excluding carboxylic acids is 2. The van der Waals surface area contributed by atoms with Crippen molar-refractivity contribution < 1.29 is 19.4 Å². The summed E-state index contributed by atoms with van der Waals surface area (Å²) in [4.78, 5) is 25.2. The lowest BCUT2D eigenvalue weighted by Gasteiger charge is -2.33. The normalized spacial score (nSPS) is 21.3. The predicted molar refractivity (Wildman–Crippen MR) is 80.9 cm³/mol. The standard InChI is InChI=1S/C16H22N2O4/c1-22-16(21)14(19)13(10-11-6-3-2-4-7-11)18-9-5-8-12(18)15(17)20/h2-4,6-7,12-14,19H,5,8-10H2,1H3,(H2,17,20)/t12-,13-,14+/m0/s1. The molecule has 2 rings (SSSR count). The van der Waals surface area contributed by atoms with Crippen LogP contribution in [-0.2, 0) is 20.7 Å². The molecule has 1 aliphatic heterocycles. The Morgan fingerprint density at radius 3 is 2.68 bits per heavy atom. The molecule has 6 nitrogen and oxygen atoms in total. The zero-order valence-corrected chi connectivity index (χ0v) is 12.6. The highest BCUT2D eigenvalue weighted by Gasteiger charge is 2.40. The first-order valence-corrected chi connectivity index (χ1v) is 7.39. The molecule has 120 valence electrons. The summed E-state index contributed by atoms with van der Waals surface area (Å²) < 4.78 is 4.65. The fraction of sp³-hybridized carbons (Fsp3) is 0.500. The minimum absolute atomic E-state index is 0.423. The number of hydrogen-bond acceptors (Lipinski definition) is 5. The second kappa shape index (κ2) is 7.38. The molecule has 1 aliphatic rings. The molecule has 0 radical (unpaired) electrons. The Morgan fingerprint density at radius 1 is 1.41 bits per heavy atom. The quantitative estimate of drug-likeness (QED) is 0.726. The van der Waals surface area contributed by atoms with E-state index in [1.54, 1.807) is 0 Å². The van der Waals surface area contributed by atoms with E-state index < -0.39 is 30.1 Å². The Balaban J connectivity index is 2.24. The summed E-state index contributed by atoms with van der Waals surface area (Å²) >= 11 is 0. The highest BCUT2D eigenvalue weighted by molar-refractivity contribution is 5.80. The molecule has 0 unspecified atom stereocenters. The monoisotopic (exact) mass is 306 g/mol. The fourth-order valence-corrected chi connectivity index (χ4v) is 3.04. The Bertz CT molecular complexity index is 520. The van der Waals surface area contributed by atoms with Crippen molar-refractivity contribution in [1.82, 2.24) is 4.90 Å². The molecule has 1 fully saturated rings. The Hall–Kier alpha value is -1.92. The van der Waals surface area contributed by atoms with Crippen molar-refractivity contribution >= 4 is 11.9 Å². The maximum absolute atomic E-state index is 11.8. The Morgan fingerprint density at radius 2 is 2.09 bits per heavy atom. The topological polar surface area (TPSA) is 92.9 Å². The number of nitrogens with two attached hydrogens (primary N) is 1. The van der Waals surface area contributed by atoms with Gasteiger partial charge in [-0.25, -0.2) is 4.79 Å². The van der Waals surface area contributed by atoms with Gasteiger partial charge in [-0.15, -0.1) is 0 Å². The number of primary amides is 1. The minimum Gasteiger partial charge on any atom is -0.467 e. The van der Waals surface area contributed by atoms with Gasteiger partial charge in [0.15, 0.2) is 6.10 Å². The molecule has 3 atom stereocenters. The highest BCUT2D eigenvalue weighted by atomic mass is 16.5. The van der Waals surface area contributed by atoms with Crippen molar-refractivity contribution in [2.45, 2.75) is 37.5 Å². The van der Waals surface area contributed by atoms with E-state index in [1.807, 2.05) is 35.2 Å². The van der Waals surface area contributed by atoms with E-state index in [0.717, 1.165) is 12.0 Å². The van der Waals surface area contributed by atoms with E-state index in [2.05, 4.69) is 4.74 Å². The third-order valence-electron chi connectivity index (χ3n) is 4.14. The van der Waals surface area contributed by atoms with Crippen LogP contribution in [0, 0.1) is 0 Å². The maximum Gasteiger partial charge on any atom is 0.336 e. The van der Waals surface area contributed by atoms with E-state index in [4.69, 9.17) is 5.73 Å². The van der Waals surface area contributed by atoms with E-state index in [9.17, 15) is 14.7 Å². The summed E-state index contributed by atoms with van der Waals surface area (Å²) in [5, 5.41) is 10.3. The number of amides is 1. The number of likely N-dealkylation sites (tertiary alicyclic amines) is 1. The third kappa shape index (κ3) is 3.64. The van der Waals surface area contributed by atoms with E-state index in [1.165, 1.54) is 7.11 Å². The summed E-state index contributed by atoms with van der Waals surface area (Å²) in [7, 11) is 1.24. The van der Waals surface area contributed by atoms with Crippen LogP contribution in [0.25, 0.3) is 0 Å². The van der Waals surface area contributed by atoms with Crippen LogP contribution < -0.4 is 5.73 Å². The van der Waals surface area contributed by atoms with Crippen molar-refractivity contribution in [3.05, 3.63) is 35.9 Å². The van der Waals surface area contributed by atoms with Gasteiger partial charge in [-0.2, -0.15) is 0 Å². The van der Waals surface area contributed by atoms with Crippen LogP contribution in [0.1, 0.15) is 18.4 Å². The number of carbonyl (C=O) groups is 2. The predicted octanol–water partition coefficient (Wildman–Crippen LogP) is 0.0813. The first-order chi connectivity index (χ1) is 10.5. The average molecular weight is 306 g/mol. The highest BCUT2D eigenvalue weighted by Crippen LogP contribution is 2.24. The molecule has 0 aromatic heterocycles. The number of methoxy groups -OCH3 is 1. The average Bonchev–Trinajstić information content (AvgIpc) is 3.01. The number of aliphatic hydroxyl groups is 1. The summed E-state index contributed by atoms with van der Waals surface area (Å²) in [5.74, 6) is -1.12. The van der Waals surface area contributed by atoms with E-state index in [0.29, 0.717) is 19.4 Å². The van der Waals surface area contributed by atoms with Gasteiger partial charge in [0.05, 0.1) is 19.2 Å². The van der Waals surface area contributed by atoms with Gasteiger partial charge in [0, 0.05) is 0 Å². The molecule has 1 heterocycles. The zero-order chi connectivity index (χ0) is 16.1. The second-order valence-corrected chi connectivity index (χ2v) is 5.52. The van der Waals surface area contributed by atoms with Gasteiger partial charge in [0.25, 0.3) is 0 Å². The molecule has 22 heavy (non-hydrogen) atoms. The van der Waals surface area contributed by atoms with Crippen molar-refractivity contribution in [2.24, 2.45) is 5.73 Å². The van der Waals surface area contributed by atoms with Gasteiger partial charge in [-0.3, -0.25) is 9.69 Å². The van der Waals surface area contributed by atoms with Crippen LogP contribution in [0.3, 0.4) is 0 Å². The lowest BCUT2D eigenvalue weighted by Crippen LogP contribution is -2.53. The number of ether oxygens (including phenoxy) is 1. The van der Waals surface area contributed by atoms with Crippen molar-refractivity contribution in [3.8, 4) is 0 Å². The largest absolute Gasteiger partial charge is 0.467 e. The molecular formula is C16H22N2O4. The number of hydrogen-bond donors (Lipinski definition) is 2. The molecule has 1 saturated heterocycles. The molecular weight excluding hydrogens is 284 g/mol. The molecule has 1 amide bonds. The molecule has 3 N–H and O–H groups in total. The van der Waals surface area contributed by atoms with Crippen LogP contribution in [0.5, 0.6) is 0 Å². The lowest BCUT2D eigenvalue weighted by molar-refractivity contribution is -0.155. The first-order valence-electron chi connectivity index (χ1n) is 7.39. The van der Waals surface area contributed by atoms with Crippen molar-refractivity contribution in [3.63, 3.8) is 0 Å². The van der Waals surface area contributed by atoms with Gasteiger partial charge in [-0.05, 0) is 31.4 Å². The molecule has 0 aliphatic carbocycles. The summed E-state index contributed by atoms with van der Waals surface area (Å²) in [5.41, 5.74) is 6.43. The summed E-state index contributed by atoms with van der Waals surface area (Å²) in [6.45, 7) is 0.624. The van der Waals surface area contributed by atoms with Crippen LogP contribution in [0.15, 0.2) is 30.3 Å². The lowest BCUT2D eigenvalue weighted by atomic mass is 9.98. The first kappa shape index (κ1) is 16.5. The Labute approximate surface area is 129 Å². The van der Waals surface area contributed by atoms with Gasteiger partial charge in [0.2, 0.25) is 5.91 Å². The molecule has 1 aromatic rings. The van der Waals surface area contributed by atoms with E-state index in [-0.39, 0.29) is 0 Å². The molecule has 6 heteroatoms. The number of rotatable bonds is 6. The number of nitrogens with zero attached hydrogens (tertiary/aromatic N) is 1. The maximum atomic E-state index is 11.8. The van der Waals surface area contributed by atoms with Crippen LogP contribution in [-0.4, -0.2) is 53.7 Å². The van der Waals surface area contributed by atoms with Gasteiger partial charge in [-0.1, -0.05) is 30.3 Å². The van der Waals surface area contributed by atoms with Crippen molar-refractivity contribution in [1.29, 1.82) is 0 Å². The fourth-order valence-electron chi connectivity index (χ4n) is 3.04.